The molecule has 1 aliphatic rings. The summed E-state index contributed by atoms with van der Waals surface area (Å²) in [4.78, 5) is 33.0. The van der Waals surface area contributed by atoms with E-state index in [1.165, 1.54) is 12.1 Å². The van der Waals surface area contributed by atoms with Crippen molar-refractivity contribution in [1.82, 2.24) is 9.88 Å². The summed E-state index contributed by atoms with van der Waals surface area (Å²) in [6.45, 7) is 2.44. The molecule has 4 aromatic rings. The maximum atomic E-state index is 13.7. The van der Waals surface area contributed by atoms with Crippen LogP contribution in [-0.4, -0.2) is 46.9 Å². The number of halogens is 1. The maximum absolute atomic E-state index is 13.7. The zero-order valence-corrected chi connectivity index (χ0v) is 19.8. The van der Waals surface area contributed by atoms with Gasteiger partial charge in [0.25, 0.3) is 11.6 Å². The molecule has 1 saturated heterocycles. The molecule has 1 fully saturated rings. The average Bonchev–Trinajstić information content (AvgIpc) is 2.88. The predicted octanol–water partition coefficient (Wildman–Crippen LogP) is 5.53. The highest BCUT2D eigenvalue weighted by Crippen LogP contribution is 2.29. The van der Waals surface area contributed by atoms with Crippen molar-refractivity contribution in [2.45, 2.75) is 0 Å². The molecule has 0 N–H and O–H groups in total. The number of nitro groups is 1. The number of non-ortho nitro benzene ring substituents is 1. The Morgan fingerprint density at radius 2 is 1.62 bits per heavy atom. The van der Waals surface area contributed by atoms with Gasteiger partial charge < -0.3 is 9.80 Å². The minimum absolute atomic E-state index is 0.0222. The average molecular weight is 517 g/mol. The molecule has 170 valence electrons. The van der Waals surface area contributed by atoms with Crippen molar-refractivity contribution >= 4 is 44.1 Å². The number of carbonyl (C=O) groups is 1. The van der Waals surface area contributed by atoms with E-state index in [-0.39, 0.29) is 11.6 Å². The van der Waals surface area contributed by atoms with Gasteiger partial charge in [0.1, 0.15) is 0 Å². The molecule has 7 nitrogen and oxygen atoms in total. The molecule has 2 heterocycles. The number of carbonyl (C=O) groups excluding carboxylic acids is 1. The van der Waals surface area contributed by atoms with E-state index >= 15 is 0 Å². The number of nitrogens with zero attached hydrogens (tertiary/aromatic N) is 4. The second-order valence-electron chi connectivity index (χ2n) is 8.14. The normalized spacial score (nSPS) is 13.8. The number of hydrogen-bond donors (Lipinski definition) is 0. The third-order valence-corrected chi connectivity index (χ3v) is 6.56. The molecule has 3 aromatic carbocycles. The van der Waals surface area contributed by atoms with E-state index in [4.69, 9.17) is 4.98 Å². The van der Waals surface area contributed by atoms with Crippen molar-refractivity contribution in [2.75, 3.05) is 31.1 Å². The summed E-state index contributed by atoms with van der Waals surface area (Å²) < 4.78 is 0.895. The molecule has 34 heavy (non-hydrogen) atoms. The van der Waals surface area contributed by atoms with Crippen LogP contribution in [0.1, 0.15) is 10.4 Å². The van der Waals surface area contributed by atoms with Crippen LogP contribution in [0.3, 0.4) is 0 Å². The molecule has 0 bridgehead atoms. The zero-order chi connectivity index (χ0) is 23.7. The van der Waals surface area contributed by atoms with Crippen LogP contribution >= 0.6 is 15.9 Å². The molecule has 1 amide bonds. The van der Waals surface area contributed by atoms with Crippen LogP contribution in [-0.2, 0) is 0 Å². The second kappa shape index (κ2) is 9.23. The highest BCUT2D eigenvalue weighted by Gasteiger charge is 2.25. The summed E-state index contributed by atoms with van der Waals surface area (Å²) in [5, 5.41) is 11.7. The maximum Gasteiger partial charge on any atom is 0.269 e. The summed E-state index contributed by atoms with van der Waals surface area (Å²) in [6, 6.07) is 24.1. The first-order valence-corrected chi connectivity index (χ1v) is 11.7. The van der Waals surface area contributed by atoms with E-state index in [2.05, 4.69) is 20.8 Å². The SMILES string of the molecule is O=C(c1cc(-c2ccccc2)nc2ccc(Br)cc12)N1CCN(c2ccc([N+](=O)[O-])cc2)CC1. The van der Waals surface area contributed by atoms with Crippen LogP contribution in [0.25, 0.3) is 22.2 Å². The van der Waals surface area contributed by atoms with Crippen molar-refractivity contribution < 1.29 is 9.72 Å². The van der Waals surface area contributed by atoms with Gasteiger partial charge in [0.05, 0.1) is 21.7 Å². The number of nitro benzene ring substituents is 1. The van der Waals surface area contributed by atoms with Gasteiger partial charge in [-0.05, 0) is 36.4 Å². The van der Waals surface area contributed by atoms with Crippen molar-refractivity contribution in [1.29, 1.82) is 0 Å². The Morgan fingerprint density at radius 3 is 2.29 bits per heavy atom. The van der Waals surface area contributed by atoms with Gasteiger partial charge in [-0.1, -0.05) is 46.3 Å². The van der Waals surface area contributed by atoms with Crippen molar-refractivity contribution in [3.63, 3.8) is 0 Å². The van der Waals surface area contributed by atoms with E-state index < -0.39 is 4.92 Å². The number of piperazine rings is 1. The lowest BCUT2D eigenvalue weighted by molar-refractivity contribution is -0.384. The molecule has 5 rings (SSSR count). The largest absolute Gasteiger partial charge is 0.368 e. The lowest BCUT2D eigenvalue weighted by Crippen LogP contribution is -2.48. The van der Waals surface area contributed by atoms with Gasteiger partial charge in [0.2, 0.25) is 0 Å². The fourth-order valence-electron chi connectivity index (χ4n) is 4.25. The lowest BCUT2D eigenvalue weighted by Gasteiger charge is -2.36. The molecule has 1 aromatic heterocycles. The van der Waals surface area contributed by atoms with Crippen LogP contribution in [0, 0.1) is 10.1 Å². The summed E-state index contributed by atoms with van der Waals surface area (Å²) in [5.41, 5.74) is 4.13. The summed E-state index contributed by atoms with van der Waals surface area (Å²) in [5.74, 6) is -0.0222. The van der Waals surface area contributed by atoms with Crippen LogP contribution in [0.4, 0.5) is 11.4 Å². The van der Waals surface area contributed by atoms with Crippen molar-refractivity contribution in [3.8, 4) is 11.3 Å². The van der Waals surface area contributed by atoms with Crippen LogP contribution in [0.2, 0.25) is 0 Å². The lowest BCUT2D eigenvalue weighted by atomic mass is 10.0. The third kappa shape index (κ3) is 4.36. The topological polar surface area (TPSA) is 79.6 Å². The molecule has 0 radical (unpaired) electrons. The third-order valence-electron chi connectivity index (χ3n) is 6.06. The Labute approximate surface area is 204 Å². The quantitative estimate of drug-likeness (QED) is 0.263. The number of fused-ring (bicyclic) bond motifs is 1. The first kappa shape index (κ1) is 22.0. The van der Waals surface area contributed by atoms with Crippen LogP contribution in [0.5, 0.6) is 0 Å². The highest BCUT2D eigenvalue weighted by molar-refractivity contribution is 9.10. The number of amides is 1. The molecule has 0 spiro atoms. The first-order chi connectivity index (χ1) is 16.5. The van der Waals surface area contributed by atoms with E-state index in [1.54, 1.807) is 12.1 Å². The van der Waals surface area contributed by atoms with E-state index in [0.717, 1.165) is 32.3 Å². The molecule has 0 saturated carbocycles. The standard InChI is InChI=1S/C26H21BrN4O3/c27-19-6-11-24-22(16-19)23(17-25(28-24)18-4-2-1-3-5-18)26(32)30-14-12-29(13-15-30)20-7-9-21(10-8-20)31(33)34/h1-11,16-17H,12-15H2. The molecule has 0 atom stereocenters. The number of pyridine rings is 1. The van der Waals surface area contributed by atoms with E-state index in [0.29, 0.717) is 31.7 Å². The minimum atomic E-state index is -0.401. The van der Waals surface area contributed by atoms with Gasteiger partial charge in [0.15, 0.2) is 0 Å². The monoisotopic (exact) mass is 516 g/mol. The fourth-order valence-corrected chi connectivity index (χ4v) is 4.62. The molecule has 8 heteroatoms. The Balaban J connectivity index is 1.41. The van der Waals surface area contributed by atoms with E-state index in [9.17, 15) is 14.9 Å². The second-order valence-corrected chi connectivity index (χ2v) is 9.05. The smallest absolute Gasteiger partial charge is 0.269 e. The fraction of sp³-hybridized carbons (Fsp3) is 0.154. The van der Waals surface area contributed by atoms with Gasteiger partial charge >= 0.3 is 0 Å². The number of aromatic nitrogens is 1. The summed E-state index contributed by atoms with van der Waals surface area (Å²) >= 11 is 3.52. The Bertz CT molecular complexity index is 1370. The summed E-state index contributed by atoms with van der Waals surface area (Å²) in [6.07, 6.45) is 0. The predicted molar refractivity (Wildman–Crippen MR) is 136 cm³/mol. The molecule has 0 aliphatic carbocycles. The molecule has 1 aliphatic heterocycles. The Hall–Kier alpha value is -3.78. The molecular weight excluding hydrogens is 496 g/mol. The van der Waals surface area contributed by atoms with Gasteiger partial charge in [-0.25, -0.2) is 4.98 Å². The van der Waals surface area contributed by atoms with Crippen LogP contribution < -0.4 is 4.90 Å². The Morgan fingerprint density at radius 1 is 0.912 bits per heavy atom. The van der Waals surface area contributed by atoms with Gasteiger partial charge in [-0.3, -0.25) is 14.9 Å². The number of rotatable bonds is 4. The van der Waals surface area contributed by atoms with E-state index in [1.807, 2.05) is 59.5 Å². The van der Waals surface area contributed by atoms with Crippen molar-refractivity contribution in [2.24, 2.45) is 0 Å². The first-order valence-electron chi connectivity index (χ1n) is 10.9. The van der Waals surface area contributed by atoms with Crippen LogP contribution in [0.15, 0.2) is 83.3 Å². The zero-order valence-electron chi connectivity index (χ0n) is 18.2. The molecule has 0 unspecified atom stereocenters. The number of anilines is 1. The Kier molecular flexibility index (Phi) is 5.98. The summed E-state index contributed by atoms with van der Waals surface area (Å²) in [7, 11) is 0. The van der Waals surface area contributed by atoms with Gasteiger partial charge in [-0.2, -0.15) is 0 Å². The van der Waals surface area contributed by atoms with Gasteiger partial charge in [-0.15, -0.1) is 0 Å². The highest BCUT2D eigenvalue weighted by atomic mass is 79.9. The number of hydrogen-bond acceptors (Lipinski definition) is 5. The minimum Gasteiger partial charge on any atom is -0.368 e. The van der Waals surface area contributed by atoms with Crippen molar-refractivity contribution in [3.05, 3.63) is 99.0 Å². The molecular formula is C26H21BrN4O3. The number of benzene rings is 3. The van der Waals surface area contributed by atoms with Gasteiger partial charge in [0, 0.05) is 59.4 Å².